The number of amides is 1. The number of carbonyl (C=O) groups is 1. The van der Waals surface area contributed by atoms with Crippen molar-refractivity contribution in [1.29, 1.82) is 0 Å². The highest BCUT2D eigenvalue weighted by Gasteiger charge is 2.25. The van der Waals surface area contributed by atoms with E-state index in [1.165, 1.54) is 0 Å². The number of hydrogen-bond donors (Lipinski definition) is 0. The first-order valence-electron chi connectivity index (χ1n) is 4.11. The Labute approximate surface area is 77.6 Å². The molecule has 0 N–H and O–H groups in total. The Bertz CT molecular complexity index is 166. The minimum atomic E-state index is -0.435. The van der Waals surface area contributed by atoms with E-state index in [1.807, 2.05) is 0 Å². The van der Waals surface area contributed by atoms with E-state index in [-0.39, 0.29) is 11.9 Å². The number of alkyl halides is 1. The summed E-state index contributed by atoms with van der Waals surface area (Å²) in [7, 11) is 1.78. The monoisotopic (exact) mass is 191 g/mol. The number of rotatable bonds is 2. The number of ether oxygens (including phenoxy) is 1. The second-order valence-corrected chi connectivity index (χ2v) is 3.74. The number of carbonyl (C=O) groups excluding carboxylic acids is 1. The first-order valence-corrected chi connectivity index (χ1v) is 4.55. The third-order valence-electron chi connectivity index (χ3n) is 2.14. The van der Waals surface area contributed by atoms with Crippen molar-refractivity contribution in [1.82, 2.24) is 4.90 Å². The van der Waals surface area contributed by atoms with Crippen LogP contribution in [0.2, 0.25) is 0 Å². The van der Waals surface area contributed by atoms with Crippen LogP contribution in [0, 0.1) is 0 Å². The first-order chi connectivity index (χ1) is 5.63. The summed E-state index contributed by atoms with van der Waals surface area (Å²) in [5.41, 5.74) is 0. The van der Waals surface area contributed by atoms with E-state index in [2.05, 4.69) is 0 Å². The Hall–Kier alpha value is -0.280. The molecule has 1 rings (SSSR count). The van der Waals surface area contributed by atoms with Crippen LogP contribution < -0.4 is 0 Å². The molecule has 1 aliphatic heterocycles. The molecule has 0 saturated carbocycles. The quantitative estimate of drug-likeness (QED) is 0.606. The minimum absolute atomic E-state index is 0.0211. The van der Waals surface area contributed by atoms with Gasteiger partial charge in [0.1, 0.15) is 5.38 Å². The summed E-state index contributed by atoms with van der Waals surface area (Å²) in [6, 6.07) is 0.221. The molecule has 0 aromatic rings. The highest BCUT2D eigenvalue weighted by molar-refractivity contribution is 6.30. The maximum absolute atomic E-state index is 11.4. The number of likely N-dealkylation sites (N-methyl/N-ethyl adjacent to an activating group) is 1. The van der Waals surface area contributed by atoms with Gasteiger partial charge in [0.2, 0.25) is 5.91 Å². The smallest absolute Gasteiger partial charge is 0.240 e. The molecule has 1 heterocycles. The fourth-order valence-corrected chi connectivity index (χ4v) is 1.44. The predicted octanol–water partition coefficient (Wildman–Crippen LogP) is 0.861. The third-order valence-corrected chi connectivity index (χ3v) is 2.33. The molecule has 0 bridgehead atoms. The van der Waals surface area contributed by atoms with Crippen molar-refractivity contribution >= 4 is 17.5 Å². The molecule has 0 aliphatic carbocycles. The Balaban J connectivity index is 2.45. The molecule has 0 aromatic carbocycles. The summed E-state index contributed by atoms with van der Waals surface area (Å²) in [6.45, 7) is 3.08. The molecule has 2 unspecified atom stereocenters. The average Bonchev–Trinajstić information content (AvgIpc) is 2.53. The van der Waals surface area contributed by atoms with Crippen molar-refractivity contribution in [3.05, 3.63) is 0 Å². The van der Waals surface area contributed by atoms with Crippen LogP contribution in [0.5, 0.6) is 0 Å². The number of nitrogens with zero attached hydrogens (tertiary/aromatic N) is 1. The standard InChI is InChI=1S/C8H14ClNO2/c1-6(9)8(11)10(2)7-3-4-12-5-7/h6-7H,3-5H2,1-2H3. The second-order valence-electron chi connectivity index (χ2n) is 3.08. The van der Waals surface area contributed by atoms with Gasteiger partial charge < -0.3 is 9.64 Å². The topological polar surface area (TPSA) is 29.5 Å². The van der Waals surface area contributed by atoms with Gasteiger partial charge in [-0.25, -0.2) is 0 Å². The van der Waals surface area contributed by atoms with Gasteiger partial charge in [0.25, 0.3) is 0 Å². The zero-order chi connectivity index (χ0) is 9.14. The van der Waals surface area contributed by atoms with Crippen molar-refractivity contribution in [2.45, 2.75) is 24.8 Å². The predicted molar refractivity (Wildman–Crippen MR) is 47.3 cm³/mol. The van der Waals surface area contributed by atoms with Crippen molar-refractivity contribution < 1.29 is 9.53 Å². The summed E-state index contributed by atoms with van der Waals surface area (Å²) < 4.78 is 5.17. The minimum Gasteiger partial charge on any atom is -0.379 e. The summed E-state index contributed by atoms with van der Waals surface area (Å²) in [5, 5.41) is -0.435. The van der Waals surface area contributed by atoms with Crippen LogP contribution in [0.3, 0.4) is 0 Å². The van der Waals surface area contributed by atoms with Gasteiger partial charge in [-0.2, -0.15) is 0 Å². The van der Waals surface area contributed by atoms with Crippen molar-refractivity contribution in [3.63, 3.8) is 0 Å². The molecule has 0 aromatic heterocycles. The van der Waals surface area contributed by atoms with Gasteiger partial charge in [-0.1, -0.05) is 0 Å². The van der Waals surface area contributed by atoms with Gasteiger partial charge in [-0.3, -0.25) is 4.79 Å². The molecule has 1 saturated heterocycles. The van der Waals surface area contributed by atoms with E-state index in [0.717, 1.165) is 13.0 Å². The SMILES string of the molecule is CC(Cl)C(=O)N(C)C1CCOC1. The molecular formula is C8H14ClNO2. The first kappa shape index (κ1) is 9.81. The lowest BCUT2D eigenvalue weighted by Gasteiger charge is -2.24. The van der Waals surface area contributed by atoms with E-state index in [9.17, 15) is 4.79 Å². The van der Waals surface area contributed by atoms with Crippen LogP contribution in [0.25, 0.3) is 0 Å². The van der Waals surface area contributed by atoms with Crippen LogP contribution in [0.4, 0.5) is 0 Å². The zero-order valence-electron chi connectivity index (χ0n) is 7.42. The van der Waals surface area contributed by atoms with Gasteiger partial charge in [-0.15, -0.1) is 11.6 Å². The van der Waals surface area contributed by atoms with Crippen LogP contribution in [0.1, 0.15) is 13.3 Å². The molecule has 2 atom stereocenters. The molecule has 1 fully saturated rings. The summed E-state index contributed by atoms with van der Waals surface area (Å²) in [4.78, 5) is 13.1. The summed E-state index contributed by atoms with van der Waals surface area (Å²) in [6.07, 6.45) is 0.922. The molecule has 0 radical (unpaired) electrons. The lowest BCUT2D eigenvalue weighted by Crippen LogP contribution is -2.40. The maximum Gasteiger partial charge on any atom is 0.240 e. The van der Waals surface area contributed by atoms with Gasteiger partial charge in [-0.05, 0) is 13.3 Å². The van der Waals surface area contributed by atoms with Crippen LogP contribution >= 0.6 is 11.6 Å². The molecule has 0 spiro atoms. The fraction of sp³-hybridized carbons (Fsp3) is 0.875. The van der Waals surface area contributed by atoms with Gasteiger partial charge in [0.15, 0.2) is 0 Å². The normalized spacial score (nSPS) is 25.4. The van der Waals surface area contributed by atoms with Gasteiger partial charge in [0, 0.05) is 13.7 Å². The van der Waals surface area contributed by atoms with Gasteiger partial charge >= 0.3 is 0 Å². The molecule has 1 aliphatic rings. The van der Waals surface area contributed by atoms with Crippen LogP contribution in [-0.2, 0) is 9.53 Å². The van der Waals surface area contributed by atoms with Crippen LogP contribution in [0.15, 0.2) is 0 Å². The largest absolute Gasteiger partial charge is 0.379 e. The molecule has 1 amide bonds. The fourth-order valence-electron chi connectivity index (χ4n) is 1.29. The highest BCUT2D eigenvalue weighted by Crippen LogP contribution is 2.12. The van der Waals surface area contributed by atoms with Crippen LogP contribution in [-0.4, -0.2) is 42.5 Å². The molecule has 70 valence electrons. The average molecular weight is 192 g/mol. The lowest BCUT2D eigenvalue weighted by atomic mass is 10.2. The van der Waals surface area contributed by atoms with E-state index in [1.54, 1.807) is 18.9 Å². The number of halogens is 1. The Morgan fingerprint density at radius 1 is 1.75 bits per heavy atom. The van der Waals surface area contributed by atoms with Crippen molar-refractivity contribution in [2.24, 2.45) is 0 Å². The van der Waals surface area contributed by atoms with E-state index >= 15 is 0 Å². The maximum atomic E-state index is 11.4. The van der Waals surface area contributed by atoms with Crippen molar-refractivity contribution in [2.75, 3.05) is 20.3 Å². The Morgan fingerprint density at radius 2 is 2.42 bits per heavy atom. The Morgan fingerprint density at radius 3 is 2.83 bits per heavy atom. The Kier molecular flexibility index (Phi) is 3.35. The molecular weight excluding hydrogens is 178 g/mol. The summed E-state index contributed by atoms with van der Waals surface area (Å²) in [5.74, 6) is -0.0211. The third kappa shape index (κ3) is 2.11. The highest BCUT2D eigenvalue weighted by atomic mass is 35.5. The lowest BCUT2D eigenvalue weighted by molar-refractivity contribution is -0.131. The molecule has 12 heavy (non-hydrogen) atoms. The van der Waals surface area contributed by atoms with E-state index in [0.29, 0.717) is 6.61 Å². The van der Waals surface area contributed by atoms with E-state index in [4.69, 9.17) is 16.3 Å². The van der Waals surface area contributed by atoms with E-state index < -0.39 is 5.38 Å². The second kappa shape index (κ2) is 4.10. The molecule has 3 nitrogen and oxygen atoms in total. The molecule has 4 heteroatoms. The summed E-state index contributed by atoms with van der Waals surface area (Å²) >= 11 is 5.67. The number of hydrogen-bond acceptors (Lipinski definition) is 2. The van der Waals surface area contributed by atoms with Crippen molar-refractivity contribution in [3.8, 4) is 0 Å². The zero-order valence-corrected chi connectivity index (χ0v) is 8.17. The van der Waals surface area contributed by atoms with Gasteiger partial charge in [0.05, 0.1) is 12.6 Å².